The smallest absolute Gasteiger partial charge is 0.224 e. The number of amides is 4. The summed E-state index contributed by atoms with van der Waals surface area (Å²) >= 11 is 0. The van der Waals surface area contributed by atoms with Crippen molar-refractivity contribution >= 4 is 23.6 Å². The minimum absolute atomic E-state index is 0.0387. The van der Waals surface area contributed by atoms with E-state index >= 15 is 0 Å². The molecule has 0 aromatic heterocycles. The summed E-state index contributed by atoms with van der Waals surface area (Å²) in [5, 5.41) is 13.6. The zero-order chi connectivity index (χ0) is 51.4. The van der Waals surface area contributed by atoms with Gasteiger partial charge in [-0.15, -0.1) is 0 Å². The van der Waals surface area contributed by atoms with Crippen molar-refractivity contribution in [3.63, 3.8) is 0 Å². The average molecular weight is 1010 g/mol. The van der Waals surface area contributed by atoms with Crippen LogP contribution in [-0.4, -0.2) is 47.8 Å². The van der Waals surface area contributed by atoms with Crippen LogP contribution >= 0.6 is 0 Å². The molecule has 418 valence electrons. The molecule has 0 aliphatic heterocycles. The van der Waals surface area contributed by atoms with Crippen LogP contribution in [0.3, 0.4) is 0 Å². The summed E-state index contributed by atoms with van der Waals surface area (Å²) in [5.74, 6) is 0.364. The van der Waals surface area contributed by atoms with Crippen LogP contribution in [0.15, 0.2) is 0 Å². The van der Waals surface area contributed by atoms with Crippen molar-refractivity contribution in [1.29, 1.82) is 0 Å². The lowest BCUT2D eigenvalue weighted by Crippen LogP contribution is -2.51. The molecule has 0 aromatic rings. The maximum atomic E-state index is 14.9. The Morgan fingerprint density at radius 2 is 0.500 bits per heavy atom. The molecule has 4 fully saturated rings. The van der Waals surface area contributed by atoms with Gasteiger partial charge >= 0.3 is 0 Å². The lowest BCUT2D eigenvalue weighted by atomic mass is 9.80. The van der Waals surface area contributed by atoms with E-state index in [2.05, 4.69) is 49.0 Å². The summed E-state index contributed by atoms with van der Waals surface area (Å²) < 4.78 is 0. The van der Waals surface area contributed by atoms with Gasteiger partial charge in [-0.25, -0.2) is 0 Å². The van der Waals surface area contributed by atoms with Crippen LogP contribution in [0, 0.1) is 35.5 Å². The van der Waals surface area contributed by atoms with Gasteiger partial charge in [0.15, 0.2) is 0 Å². The number of unbranched alkanes of at least 4 members (excludes halogenated alkanes) is 20. The number of carbonyl (C=O) groups excluding carboxylic acids is 4. The monoisotopic (exact) mass is 1010 g/mol. The Balaban J connectivity index is 1.42. The van der Waals surface area contributed by atoms with Crippen LogP contribution in [-0.2, 0) is 19.2 Å². The Labute approximate surface area is 445 Å². The normalized spacial score (nSPS) is 25.6. The summed E-state index contributed by atoms with van der Waals surface area (Å²) in [6.07, 6.45) is 53.4. The van der Waals surface area contributed by atoms with Gasteiger partial charge in [0.05, 0.1) is 11.8 Å². The molecule has 0 saturated heterocycles. The van der Waals surface area contributed by atoms with Gasteiger partial charge < -0.3 is 21.3 Å². The molecule has 2 atom stereocenters. The molecule has 4 saturated carbocycles. The summed E-state index contributed by atoms with van der Waals surface area (Å²) in [6.45, 7) is 9.09. The SMILES string of the molecule is CCCCCCCCC1CCC(NC(=O)CC(C(=O)NC2CCC(CCCCCCCC)CC2)C(CC(=O)NC2CCC(CCCCCCCC)CC2)C(=O)NC2CCC(CCCCCCCC)CC2)CC1. The molecule has 8 nitrogen and oxygen atoms in total. The molecular weight excluding hydrogens is 889 g/mol. The highest BCUT2D eigenvalue weighted by Crippen LogP contribution is 2.34. The lowest BCUT2D eigenvalue weighted by molar-refractivity contribution is -0.141. The van der Waals surface area contributed by atoms with E-state index < -0.39 is 11.8 Å². The first kappa shape index (κ1) is 62.4. The molecule has 4 amide bonds. The van der Waals surface area contributed by atoms with Crippen molar-refractivity contribution in [3.8, 4) is 0 Å². The first-order chi connectivity index (χ1) is 35.2. The summed E-state index contributed by atoms with van der Waals surface area (Å²) in [4.78, 5) is 58.3. The van der Waals surface area contributed by atoms with Gasteiger partial charge in [-0.3, -0.25) is 19.2 Å². The number of carbonyl (C=O) groups is 4. The number of nitrogens with one attached hydrogen (secondary N) is 4. The van der Waals surface area contributed by atoms with Gasteiger partial charge in [0.1, 0.15) is 0 Å². The standard InChI is InChI=1S/C64H118N4O4/c1-5-9-13-17-21-25-29-51-33-41-55(42-34-51)65-61(69)49-59(63(71)67-57-45-37-53(38-46-57)31-27-23-19-15-11-7-3)60(64(72)68-58-47-39-54(40-48-58)32-28-24-20-16-12-8-4)50-62(70)66-56-43-35-52(36-44-56)30-26-22-18-14-10-6-2/h51-60H,5-50H2,1-4H3,(H,65,69)(H,66,70)(H,67,71)(H,68,72). The zero-order valence-electron chi connectivity index (χ0n) is 47.9. The van der Waals surface area contributed by atoms with E-state index in [0.29, 0.717) is 11.8 Å². The highest BCUT2D eigenvalue weighted by Gasteiger charge is 2.40. The maximum absolute atomic E-state index is 14.9. The van der Waals surface area contributed by atoms with Crippen molar-refractivity contribution in [2.45, 2.75) is 347 Å². The molecule has 72 heavy (non-hydrogen) atoms. The maximum Gasteiger partial charge on any atom is 0.224 e. The Morgan fingerprint density at radius 3 is 0.736 bits per heavy atom. The predicted molar refractivity (Wildman–Crippen MR) is 304 cm³/mol. The van der Waals surface area contributed by atoms with Gasteiger partial charge in [-0.2, -0.15) is 0 Å². The molecule has 4 N–H and O–H groups in total. The predicted octanol–water partition coefficient (Wildman–Crippen LogP) is 16.7. The van der Waals surface area contributed by atoms with Crippen molar-refractivity contribution in [1.82, 2.24) is 21.3 Å². The van der Waals surface area contributed by atoms with E-state index in [-0.39, 0.29) is 60.6 Å². The number of rotatable bonds is 39. The Bertz CT molecular complexity index is 1290. The third-order valence-electron chi connectivity index (χ3n) is 18.6. The van der Waals surface area contributed by atoms with E-state index in [1.807, 2.05) is 0 Å². The highest BCUT2D eigenvalue weighted by molar-refractivity contribution is 5.94. The first-order valence-electron chi connectivity index (χ1n) is 32.4. The third-order valence-corrected chi connectivity index (χ3v) is 18.6. The van der Waals surface area contributed by atoms with Gasteiger partial charge in [-0.1, -0.05) is 207 Å². The third kappa shape index (κ3) is 27.1. The van der Waals surface area contributed by atoms with Crippen LogP contribution in [0.1, 0.15) is 323 Å². The van der Waals surface area contributed by atoms with Gasteiger partial charge in [-0.05, 0) is 126 Å². The zero-order valence-corrected chi connectivity index (χ0v) is 47.9. The van der Waals surface area contributed by atoms with Crippen molar-refractivity contribution in [3.05, 3.63) is 0 Å². The van der Waals surface area contributed by atoms with E-state index in [0.717, 1.165) is 115 Å². The largest absolute Gasteiger partial charge is 0.353 e. The molecular formula is C64H118N4O4. The van der Waals surface area contributed by atoms with Crippen LogP contribution in [0.25, 0.3) is 0 Å². The number of hydrogen-bond acceptors (Lipinski definition) is 4. The molecule has 4 aliphatic rings. The highest BCUT2D eigenvalue weighted by atomic mass is 16.2. The molecule has 0 spiro atoms. The quantitative estimate of drug-likeness (QED) is 0.0459. The number of hydrogen-bond donors (Lipinski definition) is 4. The van der Waals surface area contributed by atoms with Gasteiger partial charge in [0.25, 0.3) is 0 Å². The molecule has 4 aliphatic carbocycles. The van der Waals surface area contributed by atoms with Gasteiger partial charge in [0, 0.05) is 37.0 Å². The van der Waals surface area contributed by atoms with Crippen LogP contribution < -0.4 is 21.3 Å². The summed E-state index contributed by atoms with van der Waals surface area (Å²) in [5.41, 5.74) is 0. The van der Waals surface area contributed by atoms with Gasteiger partial charge in [0.2, 0.25) is 23.6 Å². The fraction of sp³-hybridized carbons (Fsp3) is 0.938. The first-order valence-corrected chi connectivity index (χ1v) is 32.4. The second-order valence-electron chi connectivity index (χ2n) is 24.9. The summed E-state index contributed by atoms with van der Waals surface area (Å²) in [7, 11) is 0. The van der Waals surface area contributed by atoms with E-state index in [1.165, 1.54) is 180 Å². The molecule has 8 heteroatoms. The molecule has 2 unspecified atom stereocenters. The Morgan fingerprint density at radius 1 is 0.292 bits per heavy atom. The minimum atomic E-state index is -0.905. The van der Waals surface area contributed by atoms with Crippen molar-refractivity contribution < 1.29 is 19.2 Å². The topological polar surface area (TPSA) is 116 Å². The average Bonchev–Trinajstić information content (AvgIpc) is 3.38. The molecule has 0 aromatic carbocycles. The fourth-order valence-corrected chi connectivity index (χ4v) is 13.7. The fourth-order valence-electron chi connectivity index (χ4n) is 13.7. The van der Waals surface area contributed by atoms with E-state index in [4.69, 9.17) is 0 Å². The molecule has 0 radical (unpaired) electrons. The molecule has 0 bridgehead atoms. The van der Waals surface area contributed by atoms with E-state index in [9.17, 15) is 19.2 Å². The molecule has 4 rings (SSSR count). The van der Waals surface area contributed by atoms with Crippen LogP contribution in [0.4, 0.5) is 0 Å². The minimum Gasteiger partial charge on any atom is -0.353 e. The second-order valence-corrected chi connectivity index (χ2v) is 24.9. The summed E-state index contributed by atoms with van der Waals surface area (Å²) in [6, 6.07) is 0.276. The Kier molecular flexibility index (Phi) is 34.1. The lowest BCUT2D eigenvalue weighted by Gasteiger charge is -2.34. The van der Waals surface area contributed by atoms with Crippen LogP contribution in [0.2, 0.25) is 0 Å². The molecule has 0 heterocycles. The van der Waals surface area contributed by atoms with Crippen molar-refractivity contribution in [2.75, 3.05) is 0 Å². The Hall–Kier alpha value is -2.12. The van der Waals surface area contributed by atoms with E-state index in [1.54, 1.807) is 0 Å². The van der Waals surface area contributed by atoms with Crippen LogP contribution in [0.5, 0.6) is 0 Å². The van der Waals surface area contributed by atoms with Crippen molar-refractivity contribution in [2.24, 2.45) is 35.5 Å². The second kappa shape index (κ2) is 39.3.